The molecule has 1 fully saturated rings. The van der Waals surface area contributed by atoms with Crippen molar-refractivity contribution in [2.75, 3.05) is 24.6 Å². The van der Waals surface area contributed by atoms with Gasteiger partial charge in [-0.1, -0.05) is 12.1 Å². The number of aliphatic imine (C=N–C) groups is 2. The second kappa shape index (κ2) is 9.79. The minimum atomic E-state index is -4.94. The van der Waals surface area contributed by atoms with Crippen molar-refractivity contribution in [2.45, 2.75) is 44.8 Å². The summed E-state index contributed by atoms with van der Waals surface area (Å²) < 4.78 is 90.4. The maximum absolute atomic E-state index is 14.1. The normalized spacial score (nSPS) is 19.4. The van der Waals surface area contributed by atoms with Gasteiger partial charge in [0.05, 0.1) is 17.7 Å². The number of benzene rings is 2. The highest BCUT2D eigenvalue weighted by molar-refractivity contribution is 6.11. The predicted molar refractivity (Wildman–Crippen MR) is 119 cm³/mol. The van der Waals surface area contributed by atoms with Crippen LogP contribution < -0.4 is 9.64 Å². The van der Waals surface area contributed by atoms with Gasteiger partial charge in [0.15, 0.2) is 5.84 Å². The molecule has 35 heavy (non-hydrogen) atoms. The van der Waals surface area contributed by atoms with Crippen molar-refractivity contribution in [2.24, 2.45) is 9.98 Å². The molecule has 0 aromatic heterocycles. The van der Waals surface area contributed by atoms with Gasteiger partial charge in [0, 0.05) is 23.8 Å². The Hall–Kier alpha value is -3.24. The van der Waals surface area contributed by atoms with Gasteiger partial charge in [-0.15, -0.1) is 13.2 Å². The maximum atomic E-state index is 14.1. The first-order chi connectivity index (χ1) is 16.5. The Morgan fingerprint density at radius 1 is 1.03 bits per heavy atom. The van der Waals surface area contributed by atoms with Gasteiger partial charge in [0.1, 0.15) is 12.4 Å². The molecule has 0 saturated carbocycles. The number of nitrogens with zero attached hydrogens (tertiary/aromatic N) is 3. The average molecular weight is 499 g/mol. The predicted octanol–water partition coefficient (Wildman–Crippen LogP) is 6.21. The van der Waals surface area contributed by atoms with Crippen molar-refractivity contribution in [3.8, 4) is 5.75 Å². The SMILES string of the molecule is CC1CCCCN1c1ccc(C2=NC(c3ccccc3OC(F)(F)F)=NCCO2)cc1C(F)(F)F. The van der Waals surface area contributed by atoms with Crippen molar-refractivity contribution in [1.29, 1.82) is 0 Å². The molecule has 5 nitrogen and oxygen atoms in total. The van der Waals surface area contributed by atoms with Gasteiger partial charge < -0.3 is 14.4 Å². The van der Waals surface area contributed by atoms with Crippen molar-refractivity contribution in [3.63, 3.8) is 0 Å². The number of amidine groups is 1. The van der Waals surface area contributed by atoms with Crippen LogP contribution in [0.4, 0.5) is 32.0 Å². The van der Waals surface area contributed by atoms with Gasteiger partial charge in [-0.2, -0.15) is 18.2 Å². The van der Waals surface area contributed by atoms with E-state index < -0.39 is 23.9 Å². The number of alkyl halides is 6. The summed E-state index contributed by atoms with van der Waals surface area (Å²) in [7, 11) is 0. The largest absolute Gasteiger partial charge is 0.573 e. The van der Waals surface area contributed by atoms with E-state index >= 15 is 0 Å². The van der Waals surface area contributed by atoms with E-state index in [2.05, 4.69) is 14.7 Å². The Bertz CT molecular complexity index is 1130. The molecule has 2 aliphatic rings. The molecule has 2 heterocycles. The van der Waals surface area contributed by atoms with Crippen molar-refractivity contribution >= 4 is 17.4 Å². The Kier molecular flexibility index (Phi) is 6.95. The number of hydrogen-bond donors (Lipinski definition) is 0. The van der Waals surface area contributed by atoms with Crippen LogP contribution in [-0.4, -0.2) is 43.8 Å². The van der Waals surface area contributed by atoms with Gasteiger partial charge in [0.2, 0.25) is 5.90 Å². The highest BCUT2D eigenvalue weighted by atomic mass is 19.4. The summed E-state index contributed by atoms with van der Waals surface area (Å²) in [6.45, 7) is 2.47. The highest BCUT2D eigenvalue weighted by Crippen LogP contribution is 2.39. The van der Waals surface area contributed by atoms with Crippen LogP contribution in [0.3, 0.4) is 0 Å². The van der Waals surface area contributed by atoms with E-state index in [1.54, 1.807) is 4.90 Å². The zero-order chi connectivity index (χ0) is 25.2. The lowest BCUT2D eigenvalue weighted by Gasteiger charge is -2.37. The van der Waals surface area contributed by atoms with Crippen LogP contribution in [0.2, 0.25) is 0 Å². The van der Waals surface area contributed by atoms with Crippen LogP contribution in [0.5, 0.6) is 5.75 Å². The van der Waals surface area contributed by atoms with E-state index in [0.717, 1.165) is 31.4 Å². The average Bonchev–Trinajstić information content (AvgIpc) is 3.04. The molecule has 0 aliphatic carbocycles. The second-order valence-corrected chi connectivity index (χ2v) is 8.28. The number of hydrogen-bond acceptors (Lipinski definition) is 5. The monoisotopic (exact) mass is 499 g/mol. The molecule has 0 N–H and O–H groups in total. The smallest absolute Gasteiger partial charge is 0.475 e. The molecule has 11 heteroatoms. The molecule has 0 amide bonds. The van der Waals surface area contributed by atoms with Crippen LogP contribution >= 0.6 is 0 Å². The summed E-state index contributed by atoms with van der Waals surface area (Å²) in [4.78, 5) is 10.1. The lowest BCUT2D eigenvalue weighted by Crippen LogP contribution is -2.38. The highest BCUT2D eigenvalue weighted by Gasteiger charge is 2.37. The standard InChI is InChI=1S/C24H23F6N3O2/c1-15-6-4-5-12-33(15)19-10-9-16(14-18(19)23(25,26)27)22-32-21(31-11-13-34-22)17-7-2-3-8-20(17)35-24(28,29)30/h2-3,7-10,14-15H,4-6,11-13H2,1H3. The van der Waals surface area contributed by atoms with E-state index in [9.17, 15) is 26.3 Å². The third-order valence-corrected chi connectivity index (χ3v) is 5.81. The quantitative estimate of drug-likeness (QED) is 0.470. The van der Waals surface area contributed by atoms with E-state index in [0.29, 0.717) is 6.54 Å². The van der Waals surface area contributed by atoms with Crippen LogP contribution in [0.25, 0.3) is 0 Å². The van der Waals surface area contributed by atoms with E-state index in [-0.39, 0.29) is 47.7 Å². The topological polar surface area (TPSA) is 46.4 Å². The van der Waals surface area contributed by atoms with Gasteiger partial charge in [-0.3, -0.25) is 4.99 Å². The number of piperidine rings is 1. The number of para-hydroxylation sites is 1. The zero-order valence-corrected chi connectivity index (χ0v) is 18.8. The Morgan fingerprint density at radius 3 is 2.51 bits per heavy atom. The fraction of sp³-hybridized carbons (Fsp3) is 0.417. The van der Waals surface area contributed by atoms with E-state index in [1.165, 1.54) is 30.3 Å². The molecule has 1 saturated heterocycles. The first-order valence-corrected chi connectivity index (χ1v) is 11.1. The Balaban J connectivity index is 1.74. The first kappa shape index (κ1) is 24.9. The van der Waals surface area contributed by atoms with Crippen molar-refractivity contribution in [1.82, 2.24) is 0 Å². The molecule has 4 rings (SSSR count). The summed E-state index contributed by atoms with van der Waals surface area (Å²) in [5.74, 6) is -0.805. The molecule has 1 unspecified atom stereocenters. The number of anilines is 1. The molecule has 0 radical (unpaired) electrons. The van der Waals surface area contributed by atoms with Gasteiger partial charge >= 0.3 is 12.5 Å². The minimum Gasteiger partial charge on any atom is -0.475 e. The van der Waals surface area contributed by atoms with Gasteiger partial charge in [-0.25, -0.2) is 0 Å². The summed E-state index contributed by atoms with van der Waals surface area (Å²) in [6, 6.07) is 9.11. The zero-order valence-electron chi connectivity index (χ0n) is 18.8. The summed E-state index contributed by atoms with van der Waals surface area (Å²) >= 11 is 0. The molecule has 2 aliphatic heterocycles. The molecule has 0 spiro atoms. The summed E-state index contributed by atoms with van der Waals surface area (Å²) in [5.41, 5.74) is -0.740. The van der Waals surface area contributed by atoms with Crippen LogP contribution in [0.1, 0.15) is 42.9 Å². The Morgan fingerprint density at radius 2 is 1.80 bits per heavy atom. The molecule has 2 aromatic carbocycles. The molecule has 2 aromatic rings. The molecule has 0 bridgehead atoms. The maximum Gasteiger partial charge on any atom is 0.573 e. The molecular weight excluding hydrogens is 476 g/mol. The molecule has 188 valence electrons. The number of ether oxygens (including phenoxy) is 2. The lowest BCUT2D eigenvalue weighted by atomic mass is 9.99. The summed E-state index contributed by atoms with van der Waals surface area (Å²) in [5, 5.41) is 0. The van der Waals surface area contributed by atoms with Crippen molar-refractivity contribution < 1.29 is 35.8 Å². The fourth-order valence-electron chi connectivity index (χ4n) is 4.22. The molecular formula is C24H23F6N3O2. The van der Waals surface area contributed by atoms with E-state index in [1.807, 2.05) is 6.92 Å². The van der Waals surface area contributed by atoms with E-state index in [4.69, 9.17) is 4.74 Å². The second-order valence-electron chi connectivity index (χ2n) is 8.28. The van der Waals surface area contributed by atoms with Gasteiger partial charge in [0.25, 0.3) is 0 Å². The minimum absolute atomic E-state index is 0.00309. The molecule has 1 atom stereocenters. The van der Waals surface area contributed by atoms with Crippen LogP contribution in [-0.2, 0) is 10.9 Å². The number of halogens is 6. The number of rotatable bonds is 4. The van der Waals surface area contributed by atoms with Crippen LogP contribution in [0.15, 0.2) is 52.4 Å². The fourth-order valence-corrected chi connectivity index (χ4v) is 4.22. The lowest BCUT2D eigenvalue weighted by molar-refractivity contribution is -0.274. The third kappa shape index (κ3) is 5.88. The Labute approximate surface area is 198 Å². The summed E-state index contributed by atoms with van der Waals surface area (Å²) in [6.07, 6.45) is -7.00. The van der Waals surface area contributed by atoms with Crippen LogP contribution in [0, 0.1) is 0 Å². The third-order valence-electron chi connectivity index (χ3n) is 5.81. The van der Waals surface area contributed by atoms with Crippen molar-refractivity contribution in [3.05, 3.63) is 59.2 Å². The first-order valence-electron chi connectivity index (χ1n) is 11.1. The van der Waals surface area contributed by atoms with Gasteiger partial charge in [-0.05, 0) is 56.5 Å².